The summed E-state index contributed by atoms with van der Waals surface area (Å²) >= 11 is 7.46. The molecule has 0 aliphatic carbocycles. The lowest BCUT2D eigenvalue weighted by atomic mass is 9.77. The topological polar surface area (TPSA) is 66.0 Å². The maximum atomic E-state index is 13.3. The van der Waals surface area contributed by atoms with Crippen molar-refractivity contribution in [3.05, 3.63) is 45.9 Å². The summed E-state index contributed by atoms with van der Waals surface area (Å²) < 4.78 is 6.14. The lowest BCUT2D eigenvalue weighted by molar-refractivity contribution is -0.137. The molecular weight excluding hydrogens is 448 g/mol. The van der Waals surface area contributed by atoms with Crippen LogP contribution in [0, 0.1) is 5.41 Å². The number of hydrogen-bond donors (Lipinski definition) is 0. The number of nitrogens with zero attached hydrogens (tertiary/aromatic N) is 4. The predicted molar refractivity (Wildman–Crippen MR) is 125 cm³/mol. The van der Waals surface area contributed by atoms with Crippen LogP contribution in [0.5, 0.6) is 5.75 Å². The minimum atomic E-state index is -0.443. The van der Waals surface area contributed by atoms with Crippen LogP contribution in [-0.4, -0.2) is 84.4 Å². The molecule has 1 aromatic heterocycles. The molecule has 0 saturated carbocycles. The Morgan fingerprint density at radius 3 is 2.72 bits per heavy atom. The highest BCUT2D eigenvalue weighted by Gasteiger charge is 2.41. The highest BCUT2D eigenvalue weighted by molar-refractivity contribution is 7.11. The van der Waals surface area contributed by atoms with E-state index >= 15 is 0 Å². The van der Waals surface area contributed by atoms with Gasteiger partial charge in [0.15, 0.2) is 0 Å². The number of benzene rings is 1. The number of likely N-dealkylation sites (N-methyl/N-ethyl adjacent to an activating group) is 1. The highest BCUT2D eigenvalue weighted by atomic mass is 35.5. The molecule has 9 heteroatoms. The first-order chi connectivity index (χ1) is 15.4. The molecule has 2 saturated heterocycles. The normalized spacial score (nSPS) is 22.1. The molecule has 3 heterocycles. The molecule has 0 spiro atoms. The van der Waals surface area contributed by atoms with E-state index in [9.17, 15) is 9.59 Å². The third kappa shape index (κ3) is 5.60. The minimum Gasteiger partial charge on any atom is -0.493 e. The Morgan fingerprint density at radius 2 is 2.00 bits per heavy atom. The van der Waals surface area contributed by atoms with Crippen LogP contribution in [-0.2, 0) is 4.79 Å². The zero-order valence-electron chi connectivity index (χ0n) is 18.3. The van der Waals surface area contributed by atoms with Gasteiger partial charge in [0.1, 0.15) is 10.6 Å². The van der Waals surface area contributed by atoms with Gasteiger partial charge in [0.05, 0.1) is 18.3 Å². The highest BCUT2D eigenvalue weighted by Crippen LogP contribution is 2.36. The van der Waals surface area contributed by atoms with E-state index in [2.05, 4.69) is 16.9 Å². The van der Waals surface area contributed by atoms with Gasteiger partial charge in [-0.2, -0.15) is 0 Å². The molecule has 1 atom stereocenters. The van der Waals surface area contributed by atoms with Gasteiger partial charge in [-0.05, 0) is 38.1 Å². The van der Waals surface area contributed by atoms with Crippen molar-refractivity contribution >= 4 is 34.8 Å². The number of amides is 2. The first-order valence-electron chi connectivity index (χ1n) is 11.0. The Kier molecular flexibility index (Phi) is 7.33. The second kappa shape index (κ2) is 10.2. The third-order valence-electron chi connectivity index (χ3n) is 6.32. The molecule has 2 aromatic rings. The maximum Gasteiger partial charge on any atom is 0.265 e. The second-order valence-corrected chi connectivity index (χ2v) is 10.1. The Morgan fingerprint density at radius 1 is 1.19 bits per heavy atom. The average molecular weight is 477 g/mol. The van der Waals surface area contributed by atoms with Crippen molar-refractivity contribution in [1.82, 2.24) is 19.7 Å². The number of thiazole rings is 1. The van der Waals surface area contributed by atoms with Crippen molar-refractivity contribution in [2.24, 2.45) is 5.41 Å². The zero-order valence-corrected chi connectivity index (χ0v) is 19.9. The summed E-state index contributed by atoms with van der Waals surface area (Å²) in [5.74, 6) is 0.793. The summed E-state index contributed by atoms with van der Waals surface area (Å²) in [5.41, 5.74) is 1.23. The number of piperazine rings is 1. The van der Waals surface area contributed by atoms with Crippen LogP contribution in [0.15, 0.2) is 36.0 Å². The van der Waals surface area contributed by atoms with E-state index < -0.39 is 5.41 Å². The van der Waals surface area contributed by atoms with Gasteiger partial charge in [0.25, 0.3) is 5.91 Å². The Labute approximate surface area is 197 Å². The Balaban J connectivity index is 1.51. The van der Waals surface area contributed by atoms with Crippen LogP contribution in [0.1, 0.15) is 28.9 Å². The van der Waals surface area contributed by atoms with Crippen LogP contribution in [0.3, 0.4) is 0 Å². The van der Waals surface area contributed by atoms with Crippen LogP contribution in [0.4, 0.5) is 0 Å². The minimum absolute atomic E-state index is 0.0219. The van der Waals surface area contributed by atoms with Gasteiger partial charge in [0, 0.05) is 56.1 Å². The summed E-state index contributed by atoms with van der Waals surface area (Å²) in [6.45, 7) is 4.77. The molecular formula is C23H29ClN4O3S. The smallest absolute Gasteiger partial charge is 0.265 e. The number of carbonyl (C=O) groups is 2. The Bertz CT molecular complexity index is 933. The van der Waals surface area contributed by atoms with E-state index in [1.54, 1.807) is 23.8 Å². The Hall–Kier alpha value is -2.16. The molecule has 2 amide bonds. The summed E-state index contributed by atoms with van der Waals surface area (Å²) in [6, 6.07) is 7.29. The number of halogens is 1. The molecule has 2 aliphatic heterocycles. The molecule has 2 fully saturated rings. The second-order valence-electron chi connectivity index (χ2n) is 8.80. The largest absolute Gasteiger partial charge is 0.493 e. The van der Waals surface area contributed by atoms with Gasteiger partial charge >= 0.3 is 0 Å². The van der Waals surface area contributed by atoms with Crippen LogP contribution in [0.25, 0.3) is 0 Å². The molecule has 7 nitrogen and oxygen atoms in total. The summed E-state index contributed by atoms with van der Waals surface area (Å²) in [4.78, 5) is 37.0. The molecule has 0 bridgehead atoms. The van der Waals surface area contributed by atoms with Crippen molar-refractivity contribution < 1.29 is 14.3 Å². The van der Waals surface area contributed by atoms with Crippen LogP contribution >= 0.6 is 22.9 Å². The SMILES string of the molecule is CN1CCN(C(=O)C[C@]2(COc3cccc(Cl)c3)CCCN(C(=O)c3cncs3)C2)CC1. The first-order valence-corrected chi connectivity index (χ1v) is 12.2. The standard InChI is InChI=1S/C23H29ClN4O3S/c1-26-8-10-27(11-9-26)21(29)13-23(16-31-19-5-2-4-18(24)12-19)6-3-7-28(15-23)22(30)20-14-25-17-32-20/h2,4-5,12,14,17H,3,6-11,13,15-16H2,1H3/t23-/m1/s1. The number of rotatable bonds is 6. The van der Waals surface area contributed by atoms with E-state index in [0.717, 1.165) is 39.0 Å². The fraction of sp³-hybridized carbons (Fsp3) is 0.522. The third-order valence-corrected chi connectivity index (χ3v) is 7.31. The van der Waals surface area contributed by atoms with Gasteiger partial charge in [-0.1, -0.05) is 17.7 Å². The van der Waals surface area contributed by atoms with Gasteiger partial charge in [-0.15, -0.1) is 11.3 Å². The predicted octanol–water partition coefficient (Wildman–Crippen LogP) is 3.26. The van der Waals surface area contributed by atoms with E-state index in [1.807, 2.05) is 21.9 Å². The molecule has 0 radical (unpaired) electrons. The number of carbonyl (C=O) groups excluding carboxylic acids is 2. The summed E-state index contributed by atoms with van der Waals surface area (Å²) in [6.07, 6.45) is 3.64. The van der Waals surface area contributed by atoms with Crippen molar-refractivity contribution in [2.75, 3.05) is 52.9 Å². The molecule has 4 rings (SSSR count). The van der Waals surface area contributed by atoms with Crippen LogP contribution in [0.2, 0.25) is 5.02 Å². The van der Waals surface area contributed by atoms with Crippen molar-refractivity contribution in [3.63, 3.8) is 0 Å². The monoisotopic (exact) mass is 476 g/mol. The maximum absolute atomic E-state index is 13.3. The van der Waals surface area contributed by atoms with E-state index in [1.165, 1.54) is 11.3 Å². The lowest BCUT2D eigenvalue weighted by Gasteiger charge is -2.43. The van der Waals surface area contributed by atoms with Crippen LogP contribution < -0.4 is 4.74 Å². The number of likely N-dealkylation sites (tertiary alicyclic amines) is 1. The molecule has 0 N–H and O–H groups in total. The zero-order chi connectivity index (χ0) is 22.6. The molecule has 0 unspecified atom stereocenters. The lowest BCUT2D eigenvalue weighted by Crippen LogP contribution is -2.53. The average Bonchev–Trinajstić information content (AvgIpc) is 3.33. The molecule has 172 valence electrons. The van der Waals surface area contributed by atoms with Crippen molar-refractivity contribution in [3.8, 4) is 5.75 Å². The first kappa shape index (κ1) is 23.0. The molecule has 1 aromatic carbocycles. The quantitative estimate of drug-likeness (QED) is 0.640. The summed E-state index contributed by atoms with van der Waals surface area (Å²) in [5, 5.41) is 0.607. The van der Waals surface area contributed by atoms with E-state index in [-0.39, 0.29) is 11.8 Å². The fourth-order valence-electron chi connectivity index (χ4n) is 4.45. The van der Waals surface area contributed by atoms with Gasteiger partial charge in [-0.25, -0.2) is 0 Å². The van der Waals surface area contributed by atoms with Crippen molar-refractivity contribution in [1.29, 1.82) is 0 Å². The number of aromatic nitrogens is 1. The van der Waals surface area contributed by atoms with Gasteiger partial charge in [0.2, 0.25) is 5.91 Å². The summed E-state index contributed by atoms with van der Waals surface area (Å²) in [7, 11) is 2.08. The van der Waals surface area contributed by atoms with E-state index in [4.69, 9.17) is 16.3 Å². The molecule has 32 heavy (non-hydrogen) atoms. The number of hydrogen-bond acceptors (Lipinski definition) is 6. The van der Waals surface area contributed by atoms with Crippen molar-refractivity contribution in [2.45, 2.75) is 19.3 Å². The fourth-order valence-corrected chi connectivity index (χ4v) is 5.22. The number of ether oxygens (including phenoxy) is 1. The van der Waals surface area contributed by atoms with Gasteiger partial charge < -0.3 is 19.4 Å². The van der Waals surface area contributed by atoms with E-state index in [0.29, 0.717) is 41.8 Å². The number of piperidine rings is 1. The molecule has 2 aliphatic rings. The van der Waals surface area contributed by atoms with Gasteiger partial charge in [-0.3, -0.25) is 14.6 Å².